The number of rotatable bonds is 6. The fourth-order valence-electron chi connectivity index (χ4n) is 0.539. The molecule has 0 aliphatic carbocycles. The van der Waals surface area contributed by atoms with E-state index < -0.39 is 5.83 Å². The lowest BCUT2D eigenvalue weighted by molar-refractivity contribution is -0.108. The molecular weight excluding hydrogens is 159 g/mol. The first-order valence-electron chi connectivity index (χ1n) is 3.45. The van der Waals surface area contributed by atoms with Gasteiger partial charge in [-0.25, -0.2) is 4.39 Å². The number of hydrogen-bond acceptors (Lipinski definition) is 2. The molecule has 0 aromatic heterocycles. The minimum atomic E-state index is -0.601. The van der Waals surface area contributed by atoms with Crippen LogP contribution in [-0.2, 0) is 9.53 Å². The fourth-order valence-corrected chi connectivity index (χ4v) is 0.539. The van der Waals surface area contributed by atoms with Crippen LogP contribution in [-0.4, -0.2) is 12.9 Å². The molecule has 0 radical (unpaired) electrons. The van der Waals surface area contributed by atoms with E-state index in [-0.39, 0.29) is 18.8 Å². The zero-order valence-corrected chi connectivity index (χ0v) is 6.75. The molecule has 0 rings (SSSR count). The van der Waals surface area contributed by atoms with Crippen LogP contribution in [0.25, 0.3) is 0 Å². The standard InChI is InChI=1S/C9H11FO2/c1-3-9(7-8(2)10)12-6-4-5-11/h3,5,7H,1-2,4,6H2/b9-7+. The average Bonchev–Trinajstić information content (AvgIpc) is 2.02. The summed E-state index contributed by atoms with van der Waals surface area (Å²) in [5, 5.41) is 0. The molecule has 0 bridgehead atoms. The highest BCUT2D eigenvalue weighted by atomic mass is 19.1. The molecule has 0 aliphatic heterocycles. The first-order valence-corrected chi connectivity index (χ1v) is 3.45. The molecule has 12 heavy (non-hydrogen) atoms. The van der Waals surface area contributed by atoms with Crippen molar-refractivity contribution < 1.29 is 13.9 Å². The smallest absolute Gasteiger partial charge is 0.123 e. The summed E-state index contributed by atoms with van der Waals surface area (Å²) in [7, 11) is 0. The van der Waals surface area contributed by atoms with Crippen molar-refractivity contribution in [3.05, 3.63) is 36.9 Å². The third-order valence-electron chi connectivity index (χ3n) is 1.00. The third-order valence-corrected chi connectivity index (χ3v) is 1.00. The maximum atomic E-state index is 12.2. The molecule has 3 heteroatoms. The van der Waals surface area contributed by atoms with Crippen molar-refractivity contribution in [3.63, 3.8) is 0 Å². The Balaban J connectivity index is 3.90. The van der Waals surface area contributed by atoms with Gasteiger partial charge >= 0.3 is 0 Å². The van der Waals surface area contributed by atoms with Gasteiger partial charge in [0.05, 0.1) is 6.61 Å². The Morgan fingerprint density at radius 2 is 2.25 bits per heavy atom. The number of aldehydes is 1. The van der Waals surface area contributed by atoms with Gasteiger partial charge in [0.25, 0.3) is 0 Å². The van der Waals surface area contributed by atoms with Gasteiger partial charge in [0.1, 0.15) is 17.9 Å². The van der Waals surface area contributed by atoms with Gasteiger partial charge in [0.15, 0.2) is 0 Å². The monoisotopic (exact) mass is 170 g/mol. The zero-order chi connectivity index (χ0) is 9.40. The maximum Gasteiger partial charge on any atom is 0.123 e. The van der Waals surface area contributed by atoms with E-state index in [0.29, 0.717) is 0 Å². The summed E-state index contributed by atoms with van der Waals surface area (Å²) in [4.78, 5) is 9.88. The molecule has 0 aliphatic rings. The van der Waals surface area contributed by atoms with Gasteiger partial charge in [0, 0.05) is 12.5 Å². The lowest BCUT2D eigenvalue weighted by atomic mass is 10.4. The van der Waals surface area contributed by atoms with Crippen LogP contribution in [0.5, 0.6) is 0 Å². The Morgan fingerprint density at radius 3 is 2.67 bits per heavy atom. The number of carbonyl (C=O) groups is 1. The number of halogens is 1. The van der Waals surface area contributed by atoms with E-state index in [0.717, 1.165) is 12.4 Å². The van der Waals surface area contributed by atoms with Gasteiger partial charge in [-0.15, -0.1) is 0 Å². The van der Waals surface area contributed by atoms with E-state index in [1.807, 2.05) is 0 Å². The summed E-state index contributed by atoms with van der Waals surface area (Å²) in [6.07, 6.45) is 3.47. The molecule has 0 N–H and O–H groups in total. The molecule has 0 spiro atoms. The highest BCUT2D eigenvalue weighted by Gasteiger charge is 1.93. The van der Waals surface area contributed by atoms with Crippen molar-refractivity contribution >= 4 is 6.29 Å². The largest absolute Gasteiger partial charge is 0.493 e. The van der Waals surface area contributed by atoms with Crippen molar-refractivity contribution in [2.75, 3.05) is 6.61 Å². The van der Waals surface area contributed by atoms with Crippen LogP contribution in [0.1, 0.15) is 6.42 Å². The normalized spacial score (nSPS) is 10.6. The zero-order valence-electron chi connectivity index (χ0n) is 6.75. The van der Waals surface area contributed by atoms with E-state index in [1.165, 1.54) is 6.08 Å². The molecule has 0 aromatic rings. The average molecular weight is 170 g/mol. The summed E-state index contributed by atoms with van der Waals surface area (Å²) >= 11 is 0. The molecule has 0 unspecified atom stereocenters. The number of allylic oxidation sites excluding steroid dienone is 3. The van der Waals surface area contributed by atoms with Crippen LogP contribution in [0.3, 0.4) is 0 Å². The van der Waals surface area contributed by atoms with Gasteiger partial charge in [-0.3, -0.25) is 0 Å². The van der Waals surface area contributed by atoms with Crippen molar-refractivity contribution in [2.45, 2.75) is 6.42 Å². The number of ether oxygens (including phenoxy) is 1. The summed E-state index contributed by atoms with van der Waals surface area (Å²) in [5.74, 6) is -0.319. The third kappa shape index (κ3) is 5.41. The SMILES string of the molecule is C=C/C(=C\C(=C)F)OCCC=O. The van der Waals surface area contributed by atoms with Gasteiger partial charge in [-0.05, 0) is 6.08 Å². The first-order chi connectivity index (χ1) is 5.70. The molecule has 0 amide bonds. The van der Waals surface area contributed by atoms with Crippen LogP contribution >= 0.6 is 0 Å². The number of carbonyl (C=O) groups excluding carboxylic acids is 1. The van der Waals surface area contributed by atoms with Crippen LogP contribution in [0.4, 0.5) is 4.39 Å². The molecule has 0 atom stereocenters. The van der Waals surface area contributed by atoms with Crippen molar-refractivity contribution in [2.24, 2.45) is 0 Å². The van der Waals surface area contributed by atoms with Crippen LogP contribution in [0, 0.1) is 0 Å². The molecule has 66 valence electrons. The topological polar surface area (TPSA) is 26.3 Å². The van der Waals surface area contributed by atoms with Crippen LogP contribution < -0.4 is 0 Å². The maximum absolute atomic E-state index is 12.2. The summed E-state index contributed by atoms with van der Waals surface area (Å²) in [5.41, 5.74) is 0. The summed E-state index contributed by atoms with van der Waals surface area (Å²) in [6.45, 7) is 6.66. The van der Waals surface area contributed by atoms with Crippen LogP contribution in [0.2, 0.25) is 0 Å². The van der Waals surface area contributed by atoms with Gasteiger partial charge in [0.2, 0.25) is 0 Å². The second-order valence-corrected chi connectivity index (χ2v) is 2.00. The Bertz CT molecular complexity index is 207. The lowest BCUT2D eigenvalue weighted by Crippen LogP contribution is -1.93. The first kappa shape index (κ1) is 10.6. The molecular formula is C9H11FO2. The second-order valence-electron chi connectivity index (χ2n) is 2.00. The summed E-state index contributed by atoms with van der Waals surface area (Å²) < 4.78 is 17.1. The Labute approximate surface area is 71.0 Å². The van der Waals surface area contributed by atoms with E-state index in [1.54, 1.807) is 0 Å². The molecule has 2 nitrogen and oxygen atoms in total. The highest BCUT2D eigenvalue weighted by molar-refractivity contribution is 5.49. The van der Waals surface area contributed by atoms with Crippen molar-refractivity contribution in [1.82, 2.24) is 0 Å². The molecule has 0 fully saturated rings. The van der Waals surface area contributed by atoms with E-state index in [9.17, 15) is 9.18 Å². The molecule has 0 saturated heterocycles. The lowest BCUT2D eigenvalue weighted by Gasteiger charge is -2.02. The van der Waals surface area contributed by atoms with Crippen LogP contribution in [0.15, 0.2) is 36.9 Å². The molecule has 0 heterocycles. The van der Waals surface area contributed by atoms with Gasteiger partial charge in [-0.1, -0.05) is 13.2 Å². The molecule has 0 aromatic carbocycles. The van der Waals surface area contributed by atoms with Gasteiger partial charge < -0.3 is 9.53 Å². The van der Waals surface area contributed by atoms with E-state index >= 15 is 0 Å². The Hall–Kier alpha value is -1.38. The summed E-state index contributed by atoms with van der Waals surface area (Å²) in [6, 6.07) is 0. The fraction of sp³-hybridized carbons (Fsp3) is 0.222. The van der Waals surface area contributed by atoms with Crippen molar-refractivity contribution in [1.29, 1.82) is 0 Å². The predicted molar refractivity (Wildman–Crippen MR) is 45.2 cm³/mol. The minimum absolute atomic E-state index is 0.231. The Kier molecular flexibility index (Phi) is 5.61. The quantitative estimate of drug-likeness (QED) is 0.264. The molecule has 0 saturated carbocycles. The highest BCUT2D eigenvalue weighted by Crippen LogP contribution is 2.04. The van der Waals surface area contributed by atoms with Crippen molar-refractivity contribution in [3.8, 4) is 0 Å². The van der Waals surface area contributed by atoms with Gasteiger partial charge in [-0.2, -0.15) is 0 Å². The second kappa shape index (κ2) is 6.34. The predicted octanol–water partition coefficient (Wildman–Crippen LogP) is 2.15. The van der Waals surface area contributed by atoms with E-state index in [2.05, 4.69) is 13.2 Å². The van der Waals surface area contributed by atoms with E-state index in [4.69, 9.17) is 4.74 Å². The number of hydrogen-bond donors (Lipinski definition) is 0. The minimum Gasteiger partial charge on any atom is -0.493 e. The Morgan fingerprint density at radius 1 is 1.58 bits per heavy atom.